The SMILES string of the molecule is NC1CCC(N(C(=O)O)c2cc(CCCCn3c(=O)oc4cc(CNCC(O)c5ccc(O)c6[nH]c(=O)ccc56)ccc43)ccc2-c2ccccc2)CC1. The average Bonchev–Trinajstić information content (AvgIpc) is 3.48. The fraction of sp³-hybridized carbons (Fsp3) is 0.310. The van der Waals surface area contributed by atoms with Gasteiger partial charge in [0, 0.05) is 48.7 Å². The summed E-state index contributed by atoms with van der Waals surface area (Å²) in [6.07, 6.45) is 3.40. The van der Waals surface area contributed by atoms with Crippen molar-refractivity contribution in [1.29, 1.82) is 0 Å². The fourth-order valence-electron chi connectivity index (χ4n) is 7.65. The molecule has 0 saturated heterocycles. The molecule has 0 spiro atoms. The van der Waals surface area contributed by atoms with Crippen molar-refractivity contribution in [1.82, 2.24) is 14.9 Å². The molecule has 54 heavy (non-hydrogen) atoms. The zero-order chi connectivity index (χ0) is 37.8. The van der Waals surface area contributed by atoms with Crippen LogP contribution in [0.1, 0.15) is 61.3 Å². The van der Waals surface area contributed by atoms with E-state index in [0.29, 0.717) is 47.2 Å². The molecule has 7 N–H and O–H groups in total. The van der Waals surface area contributed by atoms with Crippen molar-refractivity contribution in [3.05, 3.63) is 129 Å². The number of pyridine rings is 1. The Bertz CT molecular complexity index is 2380. The van der Waals surface area contributed by atoms with Crippen LogP contribution in [0.5, 0.6) is 5.75 Å². The lowest BCUT2D eigenvalue weighted by molar-refractivity contribution is 0.176. The van der Waals surface area contributed by atoms with Gasteiger partial charge >= 0.3 is 11.8 Å². The number of aromatic hydroxyl groups is 1. The van der Waals surface area contributed by atoms with Crippen LogP contribution in [0.15, 0.2) is 105 Å². The number of carboxylic acid groups (broad SMARTS) is 1. The number of carbonyl (C=O) groups is 1. The first-order valence-electron chi connectivity index (χ1n) is 18.5. The number of aromatic nitrogens is 2. The number of anilines is 1. The summed E-state index contributed by atoms with van der Waals surface area (Å²) in [5, 5.41) is 35.3. The Morgan fingerprint density at radius 2 is 1.72 bits per heavy atom. The molecule has 1 aliphatic rings. The van der Waals surface area contributed by atoms with E-state index in [1.54, 1.807) is 21.6 Å². The highest BCUT2D eigenvalue weighted by Gasteiger charge is 2.30. The maximum absolute atomic E-state index is 12.9. The molecule has 6 aromatic rings. The first-order chi connectivity index (χ1) is 26.2. The maximum Gasteiger partial charge on any atom is 0.419 e. The number of aromatic amines is 1. The fourth-order valence-corrected chi connectivity index (χ4v) is 7.65. The Kier molecular flexibility index (Phi) is 11.0. The topological polar surface area (TPSA) is 187 Å². The van der Waals surface area contributed by atoms with Gasteiger partial charge in [-0.2, -0.15) is 0 Å². The number of phenols is 1. The van der Waals surface area contributed by atoms with E-state index < -0.39 is 18.0 Å². The van der Waals surface area contributed by atoms with E-state index in [2.05, 4.69) is 16.4 Å². The number of hydrogen-bond acceptors (Lipinski definition) is 8. The Hall–Kier alpha value is -5.69. The number of phenolic OH excluding ortho intramolecular Hbond substituents is 1. The number of benzene rings is 4. The molecule has 2 heterocycles. The summed E-state index contributed by atoms with van der Waals surface area (Å²) in [4.78, 5) is 41.5. The van der Waals surface area contributed by atoms with E-state index in [1.165, 1.54) is 12.1 Å². The van der Waals surface area contributed by atoms with Crippen molar-refractivity contribution in [3.8, 4) is 16.9 Å². The number of amides is 1. The van der Waals surface area contributed by atoms with E-state index >= 15 is 0 Å². The number of H-pyrrole nitrogens is 1. The molecule has 2 aromatic heterocycles. The van der Waals surface area contributed by atoms with Crippen molar-refractivity contribution >= 4 is 33.8 Å². The highest BCUT2D eigenvalue weighted by atomic mass is 16.4. The van der Waals surface area contributed by atoms with Crippen LogP contribution in [0.25, 0.3) is 33.1 Å². The molecular weight excluding hydrogens is 686 g/mol. The number of aliphatic hydroxyl groups excluding tert-OH is 1. The third kappa shape index (κ3) is 7.96. The highest BCUT2D eigenvalue weighted by Crippen LogP contribution is 2.36. The van der Waals surface area contributed by atoms with Crippen LogP contribution in [0.2, 0.25) is 0 Å². The zero-order valence-electron chi connectivity index (χ0n) is 29.9. The van der Waals surface area contributed by atoms with E-state index in [0.717, 1.165) is 60.8 Å². The lowest BCUT2D eigenvalue weighted by atomic mass is 9.89. The molecule has 1 aliphatic carbocycles. The molecule has 1 fully saturated rings. The number of aryl methyl sites for hydroxylation is 2. The summed E-state index contributed by atoms with van der Waals surface area (Å²) in [7, 11) is 0. The molecule has 1 amide bonds. The highest BCUT2D eigenvalue weighted by molar-refractivity contribution is 5.94. The molecular formula is C42H45N5O7. The van der Waals surface area contributed by atoms with E-state index in [-0.39, 0.29) is 35.5 Å². The summed E-state index contributed by atoms with van der Waals surface area (Å²) in [6, 6.07) is 27.5. The number of fused-ring (bicyclic) bond motifs is 2. The molecule has 0 aliphatic heterocycles. The number of oxazole rings is 1. The van der Waals surface area contributed by atoms with Crippen LogP contribution in [-0.2, 0) is 19.5 Å². The number of hydrogen-bond donors (Lipinski definition) is 6. The summed E-state index contributed by atoms with van der Waals surface area (Å²) in [5.41, 5.74) is 12.3. The number of nitrogens with two attached hydrogens (primary N) is 1. The molecule has 0 radical (unpaired) electrons. The van der Waals surface area contributed by atoms with Crippen LogP contribution < -0.4 is 27.3 Å². The van der Waals surface area contributed by atoms with Crippen LogP contribution in [0, 0.1) is 0 Å². The Balaban J connectivity index is 0.987. The lowest BCUT2D eigenvalue weighted by Gasteiger charge is -2.35. The van der Waals surface area contributed by atoms with Gasteiger partial charge in [-0.25, -0.2) is 9.59 Å². The first kappa shape index (κ1) is 36.7. The normalized spacial score (nSPS) is 16.5. The summed E-state index contributed by atoms with van der Waals surface area (Å²) >= 11 is 0. The molecule has 12 heteroatoms. The van der Waals surface area contributed by atoms with Crippen LogP contribution in [0.4, 0.5) is 10.5 Å². The number of nitrogens with one attached hydrogen (secondary N) is 2. The van der Waals surface area contributed by atoms with Crippen LogP contribution in [0.3, 0.4) is 0 Å². The van der Waals surface area contributed by atoms with Gasteiger partial charge in [-0.1, -0.05) is 54.6 Å². The summed E-state index contributed by atoms with van der Waals surface area (Å²) in [6.45, 7) is 1.09. The minimum atomic E-state index is -0.963. The second-order valence-corrected chi connectivity index (χ2v) is 14.1. The minimum absolute atomic E-state index is 0.0681. The summed E-state index contributed by atoms with van der Waals surface area (Å²) in [5.74, 6) is -0.497. The quantitative estimate of drug-likeness (QED) is 0.0730. The van der Waals surface area contributed by atoms with Crippen molar-refractivity contribution in [3.63, 3.8) is 0 Å². The largest absolute Gasteiger partial charge is 0.506 e. The van der Waals surface area contributed by atoms with E-state index in [1.807, 2.05) is 60.7 Å². The number of nitrogens with zero attached hydrogens (tertiary/aromatic N) is 2. The van der Waals surface area contributed by atoms with Gasteiger partial charge in [0.1, 0.15) is 5.75 Å². The third-order valence-electron chi connectivity index (χ3n) is 10.5. The van der Waals surface area contributed by atoms with E-state index in [4.69, 9.17) is 10.2 Å². The molecule has 0 bridgehead atoms. The van der Waals surface area contributed by atoms with Gasteiger partial charge in [-0.05, 0) is 97.5 Å². The van der Waals surface area contributed by atoms with Gasteiger partial charge in [0.15, 0.2) is 5.58 Å². The smallest absolute Gasteiger partial charge is 0.419 e. The Labute approximate surface area is 311 Å². The van der Waals surface area contributed by atoms with Crippen molar-refractivity contribution in [2.24, 2.45) is 5.73 Å². The molecule has 1 atom stereocenters. The third-order valence-corrected chi connectivity index (χ3v) is 10.5. The predicted molar refractivity (Wildman–Crippen MR) is 209 cm³/mol. The van der Waals surface area contributed by atoms with Crippen molar-refractivity contribution < 1.29 is 24.5 Å². The molecule has 7 rings (SSSR count). The standard InChI is InChI=1S/C42H45N5O7/c43-29-11-13-30(14-12-29)47(41(51)52)35-22-26(9-15-31(35)28-7-2-1-3-8-28)6-4-5-21-46-34-18-10-27(23-38(34)54-42(46)53)24-44-25-37(49)32-16-19-36(48)40-33(32)17-20-39(50)45-40/h1-3,7-10,15-20,22-23,29-30,37,44,48-49H,4-6,11-14,21,24-25,43H2,(H,45,50)(H,51,52). The van der Waals surface area contributed by atoms with Crippen molar-refractivity contribution in [2.45, 2.75) is 76.2 Å². The monoisotopic (exact) mass is 731 g/mol. The van der Waals surface area contributed by atoms with Crippen LogP contribution in [-0.4, -0.2) is 49.6 Å². The second kappa shape index (κ2) is 16.1. The van der Waals surface area contributed by atoms with Gasteiger partial charge in [-0.3, -0.25) is 14.3 Å². The Morgan fingerprint density at radius 3 is 2.50 bits per heavy atom. The number of rotatable bonds is 13. The predicted octanol–water partition coefficient (Wildman–Crippen LogP) is 6.41. The van der Waals surface area contributed by atoms with Crippen molar-refractivity contribution in [2.75, 3.05) is 11.4 Å². The molecule has 280 valence electrons. The van der Waals surface area contributed by atoms with Gasteiger partial charge in [-0.15, -0.1) is 0 Å². The average molecular weight is 732 g/mol. The molecule has 12 nitrogen and oxygen atoms in total. The molecule has 1 unspecified atom stereocenters. The second-order valence-electron chi connectivity index (χ2n) is 14.1. The first-order valence-corrected chi connectivity index (χ1v) is 18.5. The van der Waals surface area contributed by atoms with Gasteiger partial charge < -0.3 is 35.8 Å². The van der Waals surface area contributed by atoms with Crippen LogP contribution >= 0.6 is 0 Å². The van der Waals surface area contributed by atoms with Gasteiger partial charge in [0.05, 0.1) is 22.8 Å². The minimum Gasteiger partial charge on any atom is -0.506 e. The molecule has 1 saturated carbocycles. The lowest BCUT2D eigenvalue weighted by Crippen LogP contribution is -2.44. The Morgan fingerprint density at radius 1 is 0.944 bits per heavy atom. The molecule has 4 aromatic carbocycles. The number of unbranched alkanes of at least 4 members (excludes halogenated alkanes) is 1. The van der Waals surface area contributed by atoms with Gasteiger partial charge in [0.25, 0.3) is 0 Å². The maximum atomic E-state index is 12.9. The summed E-state index contributed by atoms with van der Waals surface area (Å²) < 4.78 is 7.25. The van der Waals surface area contributed by atoms with E-state index in [9.17, 15) is 29.7 Å². The number of aliphatic hydroxyl groups is 1. The van der Waals surface area contributed by atoms with Gasteiger partial charge in [0.2, 0.25) is 5.56 Å². The zero-order valence-corrected chi connectivity index (χ0v) is 29.9.